The third kappa shape index (κ3) is 15.7. The van der Waals surface area contributed by atoms with Gasteiger partial charge in [-0.1, -0.05) is 86.7 Å². The molecule has 0 spiro atoms. The molecule has 0 bridgehead atoms. The van der Waals surface area contributed by atoms with Gasteiger partial charge in [-0.25, -0.2) is 14.4 Å². The second kappa shape index (κ2) is 21.6. The average Bonchev–Trinajstić information content (AvgIpc) is 3.61. The van der Waals surface area contributed by atoms with E-state index in [2.05, 4.69) is 29.8 Å². The maximum Gasteiger partial charge on any atom is 0.408 e. The second-order valence-corrected chi connectivity index (χ2v) is 14.8. The highest BCUT2D eigenvalue weighted by atomic mass is 16.6. The van der Waals surface area contributed by atoms with Crippen LogP contribution < -0.4 is 16.0 Å². The molecule has 0 saturated carbocycles. The highest BCUT2D eigenvalue weighted by Crippen LogP contribution is 2.24. The van der Waals surface area contributed by atoms with Crippen molar-refractivity contribution < 1.29 is 38.2 Å². The van der Waals surface area contributed by atoms with E-state index in [0.717, 1.165) is 11.1 Å². The normalized spacial score (nSPS) is 16.1. The van der Waals surface area contributed by atoms with E-state index in [4.69, 9.17) is 14.2 Å². The minimum Gasteiger partial charge on any atom is -0.467 e. The lowest BCUT2D eigenvalue weighted by Crippen LogP contribution is -2.52. The molecular weight excluding hydrogens is 676 g/mol. The Labute approximate surface area is 314 Å². The zero-order chi connectivity index (χ0) is 38.8. The maximum atomic E-state index is 14.3. The van der Waals surface area contributed by atoms with Gasteiger partial charge >= 0.3 is 18.2 Å². The fraction of sp³-hybridized carbons (Fsp3) is 0.537. The summed E-state index contributed by atoms with van der Waals surface area (Å²) in [5, 5.41) is 8.47. The van der Waals surface area contributed by atoms with Crippen molar-refractivity contribution in [3.05, 3.63) is 83.9 Å². The summed E-state index contributed by atoms with van der Waals surface area (Å²) in [6.07, 6.45) is 6.11. The van der Waals surface area contributed by atoms with Crippen molar-refractivity contribution in [2.24, 2.45) is 11.8 Å². The first-order valence-corrected chi connectivity index (χ1v) is 18.6. The number of carbonyl (C=O) groups excluding carboxylic acids is 5. The van der Waals surface area contributed by atoms with Crippen LogP contribution in [-0.4, -0.2) is 78.8 Å². The van der Waals surface area contributed by atoms with E-state index in [1.807, 2.05) is 72.8 Å². The van der Waals surface area contributed by atoms with Gasteiger partial charge in [0.05, 0.1) is 19.1 Å². The first kappa shape index (κ1) is 42.5. The Morgan fingerprint density at radius 1 is 0.887 bits per heavy atom. The lowest BCUT2D eigenvalue weighted by molar-refractivity contribution is -0.146. The Morgan fingerprint density at radius 2 is 1.55 bits per heavy atom. The molecule has 1 aliphatic heterocycles. The molecule has 4 amide bonds. The summed E-state index contributed by atoms with van der Waals surface area (Å²) < 4.78 is 15.7. The molecular formula is C41H58N4O8. The number of esters is 1. The van der Waals surface area contributed by atoms with Gasteiger partial charge in [-0.05, 0) is 82.8 Å². The number of carbonyl (C=O) groups is 5. The molecule has 0 unspecified atom stereocenters. The molecule has 0 aromatic heterocycles. The standard InChI is InChI=1S/C41H58N4O8/c1-29(2)26-33(43-40(50)53-41(3,4)5)23-22-32(27-30-16-9-7-10-17-30)37(47)45-25-15-21-35(45)36(46)44-34(38(48)51-6)20-13-14-24-42-39(49)52-28-31-18-11-8-12-19-31/h7-12,16-19,22-23,29,32-35H,13-15,20-21,24-28H2,1-6H3,(H,42,49)(H,43,50)(H,44,46)/b23-22+/t32-,33-,34+,35+/m1/s1. The molecule has 3 rings (SSSR count). The van der Waals surface area contributed by atoms with Gasteiger partial charge in [-0.15, -0.1) is 0 Å². The van der Waals surface area contributed by atoms with Crippen molar-refractivity contribution in [3.63, 3.8) is 0 Å². The van der Waals surface area contributed by atoms with Crippen molar-refractivity contribution in [2.75, 3.05) is 20.2 Å². The van der Waals surface area contributed by atoms with E-state index in [9.17, 15) is 24.0 Å². The summed E-state index contributed by atoms with van der Waals surface area (Å²) in [6.45, 7) is 10.4. The van der Waals surface area contributed by atoms with Crippen LogP contribution in [0.2, 0.25) is 0 Å². The molecule has 1 fully saturated rings. The van der Waals surface area contributed by atoms with Crippen LogP contribution in [0.3, 0.4) is 0 Å². The quantitative estimate of drug-likeness (QED) is 0.0721. The van der Waals surface area contributed by atoms with Crippen LogP contribution in [0.5, 0.6) is 0 Å². The first-order valence-electron chi connectivity index (χ1n) is 18.6. The molecule has 1 saturated heterocycles. The molecule has 4 atom stereocenters. The van der Waals surface area contributed by atoms with Crippen molar-refractivity contribution in [1.82, 2.24) is 20.9 Å². The van der Waals surface area contributed by atoms with Crippen LogP contribution >= 0.6 is 0 Å². The van der Waals surface area contributed by atoms with Crippen LogP contribution in [0.1, 0.15) is 84.3 Å². The number of hydrogen-bond donors (Lipinski definition) is 3. The Hall–Kier alpha value is -4.87. The lowest BCUT2D eigenvalue weighted by Gasteiger charge is -2.29. The molecule has 53 heavy (non-hydrogen) atoms. The van der Waals surface area contributed by atoms with Gasteiger partial charge in [-0.2, -0.15) is 0 Å². The van der Waals surface area contributed by atoms with Crippen molar-refractivity contribution in [1.29, 1.82) is 0 Å². The number of ether oxygens (including phenoxy) is 3. The number of amides is 4. The summed E-state index contributed by atoms with van der Waals surface area (Å²) in [5.41, 5.74) is 1.18. The highest BCUT2D eigenvalue weighted by molar-refractivity contribution is 5.92. The maximum absolute atomic E-state index is 14.3. The number of unbranched alkanes of at least 4 members (excludes halogenated alkanes) is 1. The molecule has 2 aromatic carbocycles. The number of nitrogens with zero attached hydrogens (tertiary/aromatic N) is 1. The third-order valence-corrected chi connectivity index (χ3v) is 8.66. The molecule has 0 radical (unpaired) electrons. The van der Waals surface area contributed by atoms with E-state index in [1.54, 1.807) is 25.7 Å². The molecule has 290 valence electrons. The number of methoxy groups -OCH3 is 1. The summed E-state index contributed by atoms with van der Waals surface area (Å²) >= 11 is 0. The Kier molecular flexibility index (Phi) is 17.3. The van der Waals surface area contributed by atoms with E-state index in [1.165, 1.54) is 7.11 Å². The summed E-state index contributed by atoms with van der Waals surface area (Å²) in [6, 6.07) is 17.0. The van der Waals surface area contributed by atoms with Crippen LogP contribution in [0.15, 0.2) is 72.8 Å². The molecule has 1 aliphatic rings. The number of hydrogen-bond acceptors (Lipinski definition) is 8. The summed E-state index contributed by atoms with van der Waals surface area (Å²) in [7, 11) is 1.27. The monoisotopic (exact) mass is 734 g/mol. The van der Waals surface area contributed by atoms with Gasteiger partial charge < -0.3 is 35.1 Å². The highest BCUT2D eigenvalue weighted by Gasteiger charge is 2.38. The fourth-order valence-corrected chi connectivity index (χ4v) is 6.14. The molecule has 3 N–H and O–H groups in total. The number of alkyl carbamates (subject to hydrolysis) is 2. The Bertz CT molecular complexity index is 1490. The van der Waals surface area contributed by atoms with Gasteiger partial charge in [0.2, 0.25) is 11.8 Å². The Balaban J connectivity index is 1.64. The van der Waals surface area contributed by atoms with Crippen molar-refractivity contribution in [3.8, 4) is 0 Å². The van der Waals surface area contributed by atoms with E-state index in [0.29, 0.717) is 58.0 Å². The average molecular weight is 735 g/mol. The lowest BCUT2D eigenvalue weighted by atomic mass is 9.95. The number of nitrogens with one attached hydrogen (secondary N) is 3. The van der Waals surface area contributed by atoms with Gasteiger partial charge in [-0.3, -0.25) is 9.59 Å². The third-order valence-electron chi connectivity index (χ3n) is 8.66. The molecule has 0 aliphatic carbocycles. The largest absolute Gasteiger partial charge is 0.467 e. The first-order chi connectivity index (χ1) is 25.3. The van der Waals surface area contributed by atoms with E-state index < -0.39 is 47.7 Å². The van der Waals surface area contributed by atoms with Crippen LogP contribution in [0.4, 0.5) is 9.59 Å². The smallest absolute Gasteiger partial charge is 0.408 e. The van der Waals surface area contributed by atoms with Gasteiger partial charge in [0.25, 0.3) is 0 Å². The summed E-state index contributed by atoms with van der Waals surface area (Å²) in [4.78, 5) is 67.0. The van der Waals surface area contributed by atoms with Crippen molar-refractivity contribution >= 4 is 30.0 Å². The number of rotatable bonds is 18. The van der Waals surface area contributed by atoms with Crippen LogP contribution in [0, 0.1) is 11.8 Å². The molecule has 12 heteroatoms. The van der Waals surface area contributed by atoms with Gasteiger partial charge in [0, 0.05) is 13.1 Å². The molecule has 2 aromatic rings. The topological polar surface area (TPSA) is 152 Å². The SMILES string of the molecule is COC(=O)[C@H](CCCCNC(=O)OCc1ccccc1)NC(=O)[C@@H]1CCCN1C(=O)[C@H](/C=C/[C@H](CC(C)C)NC(=O)OC(C)(C)C)Cc1ccccc1. The predicted octanol–water partition coefficient (Wildman–Crippen LogP) is 6.09. The predicted molar refractivity (Wildman–Crippen MR) is 203 cm³/mol. The number of likely N-dealkylation sites (tertiary alicyclic amines) is 1. The van der Waals surface area contributed by atoms with Crippen LogP contribution in [-0.2, 0) is 41.6 Å². The minimum atomic E-state index is -0.911. The van der Waals surface area contributed by atoms with Gasteiger partial charge in [0.1, 0.15) is 24.3 Å². The molecule has 12 nitrogen and oxygen atoms in total. The number of benzene rings is 2. The van der Waals surface area contributed by atoms with E-state index in [-0.39, 0.29) is 24.5 Å². The summed E-state index contributed by atoms with van der Waals surface area (Å²) in [5.74, 6) is -1.55. The van der Waals surface area contributed by atoms with E-state index >= 15 is 0 Å². The molecule has 1 heterocycles. The minimum absolute atomic E-state index is 0.164. The fourth-order valence-electron chi connectivity index (χ4n) is 6.14. The Morgan fingerprint density at radius 3 is 2.17 bits per heavy atom. The van der Waals surface area contributed by atoms with Crippen molar-refractivity contribution in [2.45, 2.75) is 110 Å². The van der Waals surface area contributed by atoms with Crippen LogP contribution in [0.25, 0.3) is 0 Å². The zero-order valence-corrected chi connectivity index (χ0v) is 32.1. The second-order valence-electron chi connectivity index (χ2n) is 14.8. The van der Waals surface area contributed by atoms with Gasteiger partial charge in [0.15, 0.2) is 0 Å². The zero-order valence-electron chi connectivity index (χ0n) is 32.1.